The highest BCUT2D eigenvalue weighted by molar-refractivity contribution is 7.21. The summed E-state index contributed by atoms with van der Waals surface area (Å²) >= 11 is 3.28. The first kappa shape index (κ1) is 11.8. The largest absolute Gasteiger partial charge is 0.391 e. The van der Waals surface area contributed by atoms with Crippen molar-refractivity contribution >= 4 is 22.7 Å². The van der Waals surface area contributed by atoms with Crippen molar-refractivity contribution in [3.63, 3.8) is 0 Å². The Hall–Kier alpha value is -0.710. The third-order valence-corrected chi connectivity index (χ3v) is 4.36. The molecule has 0 aliphatic heterocycles. The number of aliphatic hydroxyl groups excluding tert-OH is 1. The Kier molecular flexibility index (Phi) is 3.15. The molecule has 0 saturated heterocycles. The van der Waals surface area contributed by atoms with Gasteiger partial charge in [-0.2, -0.15) is 0 Å². The molecule has 0 radical (unpaired) electrons. The minimum absolute atomic E-state index is 0.00985. The Morgan fingerprint density at radius 1 is 1.38 bits per heavy atom. The van der Waals surface area contributed by atoms with E-state index in [2.05, 4.69) is 31.8 Å². The van der Waals surface area contributed by atoms with Crippen molar-refractivity contribution in [2.24, 2.45) is 0 Å². The van der Waals surface area contributed by atoms with Crippen LogP contribution in [-0.4, -0.2) is 10.1 Å². The maximum atomic E-state index is 9.37. The van der Waals surface area contributed by atoms with Crippen LogP contribution >= 0.6 is 22.7 Å². The fourth-order valence-electron chi connectivity index (χ4n) is 1.55. The van der Waals surface area contributed by atoms with Crippen molar-refractivity contribution in [2.75, 3.05) is 0 Å². The van der Waals surface area contributed by atoms with Crippen molar-refractivity contribution in [1.29, 1.82) is 0 Å². The minimum atomic E-state index is -0.00985. The van der Waals surface area contributed by atoms with Crippen molar-refractivity contribution < 1.29 is 5.11 Å². The van der Waals surface area contributed by atoms with E-state index in [-0.39, 0.29) is 12.0 Å². The Morgan fingerprint density at radius 3 is 2.56 bits per heavy atom. The molecule has 4 heteroatoms. The van der Waals surface area contributed by atoms with Gasteiger partial charge in [-0.15, -0.1) is 22.7 Å². The highest BCUT2D eigenvalue weighted by atomic mass is 32.1. The second-order valence-electron chi connectivity index (χ2n) is 4.68. The minimum Gasteiger partial charge on any atom is -0.391 e. The number of hydrogen-bond donors (Lipinski definition) is 1. The lowest BCUT2D eigenvalue weighted by Crippen LogP contribution is -2.14. The summed E-state index contributed by atoms with van der Waals surface area (Å²) in [6.45, 7) is 6.45. The quantitative estimate of drug-likeness (QED) is 0.886. The number of aliphatic hydroxyl groups is 1. The predicted octanol–water partition coefficient (Wildman–Crippen LogP) is 3.66. The summed E-state index contributed by atoms with van der Waals surface area (Å²) in [5.41, 5.74) is 1.01. The van der Waals surface area contributed by atoms with Gasteiger partial charge in [0.1, 0.15) is 5.01 Å². The predicted molar refractivity (Wildman–Crippen MR) is 70.0 cm³/mol. The number of thiophene rings is 1. The molecule has 2 rings (SSSR count). The van der Waals surface area contributed by atoms with Gasteiger partial charge in [-0.3, -0.25) is 0 Å². The summed E-state index contributed by atoms with van der Waals surface area (Å²) < 4.78 is 0. The van der Waals surface area contributed by atoms with Gasteiger partial charge in [0.2, 0.25) is 0 Å². The summed E-state index contributed by atoms with van der Waals surface area (Å²) in [6, 6.07) is 4.09. The normalized spacial score (nSPS) is 12.0. The number of nitrogens with zero attached hydrogens (tertiary/aromatic N) is 1. The van der Waals surface area contributed by atoms with Crippen LogP contribution in [0.15, 0.2) is 17.5 Å². The third-order valence-electron chi connectivity index (χ3n) is 2.28. The molecule has 0 aliphatic carbocycles. The van der Waals surface area contributed by atoms with Gasteiger partial charge >= 0.3 is 0 Å². The second-order valence-corrected chi connectivity index (χ2v) is 6.71. The molecule has 0 bridgehead atoms. The van der Waals surface area contributed by atoms with Crippen molar-refractivity contribution in [2.45, 2.75) is 32.8 Å². The first-order valence-electron chi connectivity index (χ1n) is 5.17. The van der Waals surface area contributed by atoms with E-state index in [0.29, 0.717) is 0 Å². The van der Waals surface area contributed by atoms with E-state index in [1.165, 1.54) is 4.88 Å². The van der Waals surface area contributed by atoms with E-state index in [4.69, 9.17) is 0 Å². The van der Waals surface area contributed by atoms with Crippen molar-refractivity contribution in [3.05, 3.63) is 28.1 Å². The lowest BCUT2D eigenvalue weighted by Gasteiger charge is -2.16. The summed E-state index contributed by atoms with van der Waals surface area (Å²) in [4.78, 5) is 6.82. The molecule has 0 aliphatic rings. The van der Waals surface area contributed by atoms with Gasteiger partial charge < -0.3 is 5.11 Å². The molecule has 1 N–H and O–H groups in total. The Labute approximate surface area is 104 Å². The van der Waals surface area contributed by atoms with Crippen LogP contribution in [0.2, 0.25) is 0 Å². The van der Waals surface area contributed by atoms with E-state index in [9.17, 15) is 5.11 Å². The Balaban J connectivity index is 2.48. The molecule has 2 aromatic rings. The van der Waals surface area contributed by atoms with Gasteiger partial charge in [0.05, 0.1) is 22.1 Å². The van der Waals surface area contributed by atoms with Crippen LogP contribution in [0.1, 0.15) is 31.3 Å². The first-order valence-corrected chi connectivity index (χ1v) is 6.87. The fourth-order valence-corrected chi connectivity index (χ4v) is 3.48. The molecular weight excluding hydrogens is 238 g/mol. The molecule has 0 fully saturated rings. The van der Waals surface area contributed by atoms with Crippen LogP contribution in [0, 0.1) is 0 Å². The van der Waals surface area contributed by atoms with E-state index < -0.39 is 0 Å². The molecule has 86 valence electrons. The summed E-state index contributed by atoms with van der Waals surface area (Å²) in [5, 5.41) is 12.4. The SMILES string of the molecule is CC(C)(C)c1nc(-c2cccs2)sc1CO. The highest BCUT2D eigenvalue weighted by Gasteiger charge is 2.23. The maximum Gasteiger partial charge on any atom is 0.133 e. The van der Waals surface area contributed by atoms with Crippen molar-refractivity contribution in [3.8, 4) is 9.88 Å². The molecule has 2 aromatic heterocycles. The lowest BCUT2D eigenvalue weighted by molar-refractivity contribution is 0.282. The fraction of sp³-hybridized carbons (Fsp3) is 0.417. The highest BCUT2D eigenvalue weighted by Crippen LogP contribution is 2.35. The summed E-state index contributed by atoms with van der Waals surface area (Å²) in [6.07, 6.45) is 0. The van der Waals surface area contributed by atoms with Gasteiger partial charge in [0, 0.05) is 5.41 Å². The molecular formula is C12H15NOS2. The first-order chi connectivity index (χ1) is 7.52. The summed E-state index contributed by atoms with van der Waals surface area (Å²) in [5.74, 6) is 0. The number of rotatable bonds is 2. The van der Waals surface area contributed by atoms with E-state index >= 15 is 0 Å². The van der Waals surface area contributed by atoms with Gasteiger partial charge in [-0.05, 0) is 11.4 Å². The smallest absolute Gasteiger partial charge is 0.133 e. The van der Waals surface area contributed by atoms with Crippen LogP contribution in [0.25, 0.3) is 9.88 Å². The number of hydrogen-bond acceptors (Lipinski definition) is 4. The van der Waals surface area contributed by atoms with Crippen molar-refractivity contribution in [1.82, 2.24) is 4.98 Å². The average molecular weight is 253 g/mol. The molecule has 16 heavy (non-hydrogen) atoms. The number of aromatic nitrogens is 1. The van der Waals surface area contributed by atoms with E-state index in [0.717, 1.165) is 15.6 Å². The van der Waals surface area contributed by atoms with Gasteiger partial charge in [-0.1, -0.05) is 26.8 Å². The standard InChI is InChI=1S/C12H15NOS2/c1-12(2,3)10-9(7-14)16-11(13-10)8-5-4-6-15-8/h4-6,14H,7H2,1-3H3. The zero-order valence-electron chi connectivity index (χ0n) is 9.65. The second kappa shape index (κ2) is 4.28. The van der Waals surface area contributed by atoms with Gasteiger partial charge in [0.15, 0.2) is 0 Å². The lowest BCUT2D eigenvalue weighted by atomic mass is 9.91. The average Bonchev–Trinajstić information content (AvgIpc) is 2.85. The van der Waals surface area contributed by atoms with Crippen LogP contribution in [0.5, 0.6) is 0 Å². The maximum absolute atomic E-state index is 9.37. The van der Waals surface area contributed by atoms with Crippen LogP contribution in [-0.2, 0) is 12.0 Å². The molecule has 0 unspecified atom stereocenters. The number of thiazole rings is 1. The molecule has 2 heterocycles. The van der Waals surface area contributed by atoms with E-state index in [1.807, 2.05) is 11.4 Å². The monoisotopic (exact) mass is 253 g/mol. The zero-order valence-corrected chi connectivity index (χ0v) is 11.3. The van der Waals surface area contributed by atoms with Gasteiger partial charge in [0.25, 0.3) is 0 Å². The molecule has 0 atom stereocenters. The van der Waals surface area contributed by atoms with E-state index in [1.54, 1.807) is 22.7 Å². The topological polar surface area (TPSA) is 33.1 Å². The van der Waals surface area contributed by atoms with Crippen LogP contribution < -0.4 is 0 Å². The Morgan fingerprint density at radius 2 is 2.12 bits per heavy atom. The Bertz CT molecular complexity index is 466. The van der Waals surface area contributed by atoms with Crippen LogP contribution in [0.3, 0.4) is 0 Å². The zero-order chi connectivity index (χ0) is 11.8. The van der Waals surface area contributed by atoms with Crippen LogP contribution in [0.4, 0.5) is 0 Å². The molecule has 0 spiro atoms. The molecule has 0 amide bonds. The van der Waals surface area contributed by atoms with Gasteiger partial charge in [-0.25, -0.2) is 4.98 Å². The summed E-state index contributed by atoms with van der Waals surface area (Å²) in [7, 11) is 0. The molecule has 0 aromatic carbocycles. The molecule has 2 nitrogen and oxygen atoms in total. The third kappa shape index (κ3) is 2.19. The molecule has 0 saturated carbocycles.